The van der Waals surface area contributed by atoms with Gasteiger partial charge in [0.05, 0.1) is 0 Å². The summed E-state index contributed by atoms with van der Waals surface area (Å²) in [5, 5.41) is 13.7. The molecule has 0 bridgehead atoms. The summed E-state index contributed by atoms with van der Waals surface area (Å²) < 4.78 is 40.3. The van der Waals surface area contributed by atoms with Crippen LogP contribution in [0.5, 0.6) is 0 Å². The fourth-order valence-electron chi connectivity index (χ4n) is 2.46. The average Bonchev–Trinajstić information content (AvgIpc) is 3.16. The van der Waals surface area contributed by atoms with Crippen molar-refractivity contribution in [2.24, 2.45) is 7.05 Å². The van der Waals surface area contributed by atoms with E-state index in [9.17, 15) is 13.2 Å². The van der Waals surface area contributed by atoms with Crippen LogP contribution in [0.2, 0.25) is 5.02 Å². The van der Waals surface area contributed by atoms with Gasteiger partial charge in [-0.1, -0.05) is 35.1 Å². The molecule has 3 aromatic rings. The monoisotopic (exact) mass is 401 g/mol. The Morgan fingerprint density at radius 3 is 2.54 bits per heavy atom. The first-order chi connectivity index (χ1) is 12.2. The molecule has 138 valence electrons. The van der Waals surface area contributed by atoms with Crippen LogP contribution in [0.1, 0.15) is 21.8 Å². The summed E-state index contributed by atoms with van der Waals surface area (Å²) in [4.78, 5) is 1.63. The number of nitrogens with zero attached hydrogens (tertiary/aromatic N) is 5. The Hall–Kier alpha value is -2.13. The summed E-state index contributed by atoms with van der Waals surface area (Å²) in [5.41, 5.74) is 0.251. The van der Waals surface area contributed by atoms with E-state index in [1.807, 2.05) is 12.1 Å². The van der Waals surface area contributed by atoms with Gasteiger partial charge in [0.2, 0.25) is 5.13 Å². The highest BCUT2D eigenvalue weighted by atomic mass is 35.5. The minimum Gasteiger partial charge on any atom is -0.345 e. The van der Waals surface area contributed by atoms with Crippen molar-refractivity contribution >= 4 is 28.1 Å². The van der Waals surface area contributed by atoms with Crippen molar-refractivity contribution in [3.05, 3.63) is 57.3 Å². The number of halogens is 4. The lowest BCUT2D eigenvalue weighted by Gasteiger charge is -2.15. The second kappa shape index (κ2) is 7.24. The van der Waals surface area contributed by atoms with Crippen molar-refractivity contribution < 1.29 is 13.2 Å². The van der Waals surface area contributed by atoms with Crippen LogP contribution >= 0.6 is 22.9 Å². The van der Waals surface area contributed by atoms with Crippen molar-refractivity contribution in [1.29, 1.82) is 0 Å². The largest absolute Gasteiger partial charge is 0.435 e. The van der Waals surface area contributed by atoms with E-state index in [1.54, 1.807) is 24.1 Å². The Labute approximate surface area is 157 Å². The predicted octanol–water partition coefficient (Wildman–Crippen LogP) is 4.17. The van der Waals surface area contributed by atoms with Crippen molar-refractivity contribution in [3.8, 4) is 0 Å². The maximum Gasteiger partial charge on any atom is 0.435 e. The van der Waals surface area contributed by atoms with Crippen LogP contribution in [0.3, 0.4) is 0 Å². The number of aromatic nitrogens is 4. The molecule has 0 saturated heterocycles. The third kappa shape index (κ3) is 4.34. The van der Waals surface area contributed by atoms with E-state index in [0.29, 0.717) is 16.6 Å². The van der Waals surface area contributed by atoms with Gasteiger partial charge in [-0.15, -0.1) is 10.2 Å². The summed E-state index contributed by atoms with van der Waals surface area (Å²) in [6.45, 7) is 0.0399. The van der Waals surface area contributed by atoms with Gasteiger partial charge < -0.3 is 4.90 Å². The Balaban J connectivity index is 1.72. The van der Waals surface area contributed by atoms with Crippen LogP contribution < -0.4 is 4.90 Å². The topological polar surface area (TPSA) is 46.8 Å². The maximum absolute atomic E-state index is 13.1. The number of rotatable bonds is 5. The minimum atomic E-state index is -4.49. The molecular formula is C16H15ClF3N5S. The second-order valence-corrected chi connectivity index (χ2v) is 7.29. The van der Waals surface area contributed by atoms with Crippen molar-refractivity contribution in [2.75, 3.05) is 11.9 Å². The van der Waals surface area contributed by atoms with E-state index in [0.717, 1.165) is 15.3 Å². The standard InChI is InChI=1S/C16H15ClF3N5S/c1-24(8-11-9-25(2)23-14(11)16(18,19)20)15-22-21-13(26-15)7-10-3-5-12(17)6-4-10/h3-6,9H,7-8H2,1-2H3. The van der Waals surface area contributed by atoms with E-state index in [1.165, 1.54) is 24.6 Å². The Morgan fingerprint density at radius 2 is 1.88 bits per heavy atom. The highest BCUT2D eigenvalue weighted by molar-refractivity contribution is 7.15. The molecule has 0 aliphatic carbocycles. The minimum absolute atomic E-state index is 0.0399. The summed E-state index contributed by atoms with van der Waals surface area (Å²) >= 11 is 7.21. The van der Waals surface area contributed by atoms with Crippen LogP contribution in [0.4, 0.5) is 18.3 Å². The molecule has 0 N–H and O–H groups in total. The van der Waals surface area contributed by atoms with Crippen LogP contribution in [0.15, 0.2) is 30.5 Å². The maximum atomic E-state index is 13.1. The van der Waals surface area contributed by atoms with Crippen molar-refractivity contribution in [3.63, 3.8) is 0 Å². The molecule has 3 rings (SSSR count). The Kier molecular flexibility index (Phi) is 5.19. The van der Waals surface area contributed by atoms with Crippen LogP contribution in [-0.2, 0) is 26.2 Å². The summed E-state index contributed by atoms with van der Waals surface area (Å²) in [5.74, 6) is 0. The molecule has 26 heavy (non-hydrogen) atoms. The first kappa shape index (κ1) is 18.7. The molecule has 0 aliphatic rings. The summed E-state index contributed by atoms with van der Waals surface area (Å²) in [6, 6.07) is 7.40. The molecule has 5 nitrogen and oxygen atoms in total. The molecule has 0 atom stereocenters. The molecule has 0 unspecified atom stereocenters. The quantitative estimate of drug-likeness (QED) is 0.643. The molecule has 0 radical (unpaired) electrons. The molecule has 2 heterocycles. The molecular weight excluding hydrogens is 387 g/mol. The summed E-state index contributed by atoms with van der Waals surface area (Å²) in [7, 11) is 3.15. The van der Waals surface area contributed by atoms with Gasteiger partial charge in [0.25, 0.3) is 0 Å². The first-order valence-electron chi connectivity index (χ1n) is 7.60. The zero-order valence-electron chi connectivity index (χ0n) is 14.0. The van der Waals surface area contributed by atoms with Gasteiger partial charge in [0.15, 0.2) is 5.69 Å². The van der Waals surface area contributed by atoms with Gasteiger partial charge in [-0.2, -0.15) is 18.3 Å². The molecule has 0 saturated carbocycles. The predicted molar refractivity (Wildman–Crippen MR) is 94.5 cm³/mol. The van der Waals surface area contributed by atoms with E-state index in [4.69, 9.17) is 11.6 Å². The highest BCUT2D eigenvalue weighted by Crippen LogP contribution is 2.32. The summed E-state index contributed by atoms with van der Waals surface area (Å²) in [6.07, 6.45) is -2.53. The molecule has 2 aromatic heterocycles. The SMILES string of the molecule is CN(Cc1cn(C)nc1C(F)(F)F)c1nnc(Cc2ccc(Cl)cc2)s1. The number of alkyl halides is 3. The van der Waals surface area contributed by atoms with Gasteiger partial charge in [0.1, 0.15) is 5.01 Å². The fraction of sp³-hybridized carbons (Fsp3) is 0.312. The second-order valence-electron chi connectivity index (χ2n) is 5.81. The van der Waals surface area contributed by atoms with Gasteiger partial charge in [-0.3, -0.25) is 4.68 Å². The Bertz CT molecular complexity index is 888. The lowest BCUT2D eigenvalue weighted by Crippen LogP contribution is -2.19. The molecule has 10 heteroatoms. The van der Waals surface area contributed by atoms with Crippen LogP contribution in [-0.4, -0.2) is 27.0 Å². The number of anilines is 1. The highest BCUT2D eigenvalue weighted by Gasteiger charge is 2.37. The fourth-order valence-corrected chi connectivity index (χ4v) is 3.42. The van der Waals surface area contributed by atoms with Gasteiger partial charge >= 0.3 is 6.18 Å². The van der Waals surface area contributed by atoms with E-state index in [-0.39, 0.29) is 12.1 Å². The Morgan fingerprint density at radius 1 is 1.19 bits per heavy atom. The molecule has 0 fully saturated rings. The lowest BCUT2D eigenvalue weighted by atomic mass is 10.2. The normalized spacial score (nSPS) is 11.8. The molecule has 1 aromatic carbocycles. The average molecular weight is 402 g/mol. The molecule has 0 spiro atoms. The third-order valence-electron chi connectivity index (χ3n) is 3.63. The number of hydrogen-bond acceptors (Lipinski definition) is 5. The van der Waals surface area contributed by atoms with Gasteiger partial charge in [0, 0.05) is 43.8 Å². The smallest absolute Gasteiger partial charge is 0.345 e. The number of benzene rings is 1. The van der Waals surface area contributed by atoms with E-state index < -0.39 is 11.9 Å². The zero-order chi connectivity index (χ0) is 18.9. The lowest BCUT2D eigenvalue weighted by molar-refractivity contribution is -0.142. The number of hydrogen-bond donors (Lipinski definition) is 0. The van der Waals surface area contributed by atoms with Crippen molar-refractivity contribution in [1.82, 2.24) is 20.0 Å². The first-order valence-corrected chi connectivity index (χ1v) is 8.79. The van der Waals surface area contributed by atoms with E-state index in [2.05, 4.69) is 15.3 Å². The van der Waals surface area contributed by atoms with Gasteiger partial charge in [-0.25, -0.2) is 0 Å². The van der Waals surface area contributed by atoms with Crippen LogP contribution in [0.25, 0.3) is 0 Å². The van der Waals surface area contributed by atoms with Gasteiger partial charge in [-0.05, 0) is 17.7 Å². The zero-order valence-corrected chi connectivity index (χ0v) is 15.5. The molecule has 0 amide bonds. The third-order valence-corrected chi connectivity index (χ3v) is 4.92. The van der Waals surface area contributed by atoms with Crippen molar-refractivity contribution in [2.45, 2.75) is 19.1 Å². The van der Waals surface area contributed by atoms with E-state index >= 15 is 0 Å². The van der Waals surface area contributed by atoms with Crippen LogP contribution in [0, 0.1) is 0 Å². The number of aryl methyl sites for hydroxylation is 1. The molecule has 0 aliphatic heterocycles.